The minimum absolute atomic E-state index is 0.537. The molecule has 0 bridgehead atoms. The van der Waals surface area contributed by atoms with Gasteiger partial charge in [-0.2, -0.15) is 0 Å². The lowest BCUT2D eigenvalue weighted by atomic mass is 9.91. The highest BCUT2D eigenvalue weighted by Crippen LogP contribution is 2.33. The van der Waals surface area contributed by atoms with Crippen LogP contribution in [-0.4, -0.2) is 13.7 Å². The number of aryl methyl sites for hydroxylation is 1. The van der Waals surface area contributed by atoms with Crippen LogP contribution in [0.2, 0.25) is 0 Å². The number of rotatable bonds is 3. The summed E-state index contributed by atoms with van der Waals surface area (Å²) in [5.74, 6) is 1.77. The van der Waals surface area contributed by atoms with Gasteiger partial charge in [0.1, 0.15) is 5.75 Å². The third-order valence-electron chi connectivity index (χ3n) is 3.65. The zero-order chi connectivity index (χ0) is 11.5. The summed E-state index contributed by atoms with van der Waals surface area (Å²) < 4.78 is 5.30. The summed E-state index contributed by atoms with van der Waals surface area (Å²) >= 11 is 0. The van der Waals surface area contributed by atoms with Crippen LogP contribution in [0.1, 0.15) is 36.9 Å². The lowest BCUT2D eigenvalue weighted by Crippen LogP contribution is -2.17. The third kappa shape index (κ3) is 2.07. The quantitative estimate of drug-likeness (QED) is 0.843. The highest BCUT2D eigenvalue weighted by Gasteiger charge is 2.26. The Labute approximate surface area is 98.0 Å². The van der Waals surface area contributed by atoms with Gasteiger partial charge in [0.15, 0.2) is 0 Å². The molecular weight excluding hydrogens is 198 g/mol. The van der Waals surface area contributed by atoms with Crippen molar-refractivity contribution in [2.75, 3.05) is 13.7 Å². The molecule has 0 spiro atoms. The largest absolute Gasteiger partial charge is 0.496 e. The maximum Gasteiger partial charge on any atom is 0.121 e. The van der Waals surface area contributed by atoms with Gasteiger partial charge in [-0.25, -0.2) is 0 Å². The smallest absolute Gasteiger partial charge is 0.121 e. The third-order valence-corrected chi connectivity index (χ3v) is 3.65. The summed E-state index contributed by atoms with van der Waals surface area (Å²) in [6.45, 7) is 5.54. The SMILES string of the molecule is CCC1CCNC1c1ccc(OC)c(C)c1. The highest BCUT2D eigenvalue weighted by atomic mass is 16.5. The van der Waals surface area contributed by atoms with Crippen molar-refractivity contribution >= 4 is 0 Å². The topological polar surface area (TPSA) is 21.3 Å². The molecule has 0 radical (unpaired) electrons. The lowest BCUT2D eigenvalue weighted by Gasteiger charge is -2.19. The molecule has 1 N–H and O–H groups in total. The standard InChI is InChI=1S/C14H21NO/c1-4-11-7-8-15-14(11)12-5-6-13(16-3)10(2)9-12/h5-6,9,11,14-15H,4,7-8H2,1-3H3. The Morgan fingerprint density at radius 3 is 2.88 bits per heavy atom. The van der Waals surface area contributed by atoms with Crippen molar-refractivity contribution in [3.63, 3.8) is 0 Å². The molecule has 1 aromatic carbocycles. The average molecular weight is 219 g/mol. The zero-order valence-electron chi connectivity index (χ0n) is 10.4. The van der Waals surface area contributed by atoms with Crippen LogP contribution >= 0.6 is 0 Å². The Morgan fingerprint density at radius 2 is 2.25 bits per heavy atom. The highest BCUT2D eigenvalue weighted by molar-refractivity contribution is 5.37. The van der Waals surface area contributed by atoms with Crippen molar-refractivity contribution < 1.29 is 4.74 Å². The molecule has 0 saturated carbocycles. The molecule has 1 aliphatic heterocycles. The molecule has 88 valence electrons. The first-order chi connectivity index (χ1) is 7.76. The van der Waals surface area contributed by atoms with Gasteiger partial charge in [-0.1, -0.05) is 25.5 Å². The van der Waals surface area contributed by atoms with E-state index in [-0.39, 0.29) is 0 Å². The van der Waals surface area contributed by atoms with E-state index in [9.17, 15) is 0 Å². The second kappa shape index (κ2) is 4.88. The van der Waals surface area contributed by atoms with E-state index in [4.69, 9.17) is 4.74 Å². The van der Waals surface area contributed by atoms with Crippen LogP contribution in [0.5, 0.6) is 5.75 Å². The minimum Gasteiger partial charge on any atom is -0.496 e. The summed E-state index contributed by atoms with van der Waals surface area (Å²) in [5.41, 5.74) is 2.63. The second-order valence-electron chi connectivity index (χ2n) is 4.62. The number of ether oxygens (including phenoxy) is 1. The van der Waals surface area contributed by atoms with Crippen molar-refractivity contribution in [1.82, 2.24) is 5.32 Å². The van der Waals surface area contributed by atoms with E-state index in [1.54, 1.807) is 7.11 Å². The monoisotopic (exact) mass is 219 g/mol. The van der Waals surface area contributed by atoms with E-state index < -0.39 is 0 Å². The normalized spacial score (nSPS) is 24.7. The minimum atomic E-state index is 0.537. The molecule has 1 aliphatic rings. The summed E-state index contributed by atoms with van der Waals surface area (Å²) in [5, 5.41) is 3.60. The van der Waals surface area contributed by atoms with Crippen LogP contribution in [0.3, 0.4) is 0 Å². The average Bonchev–Trinajstić information content (AvgIpc) is 2.77. The molecular formula is C14H21NO. The molecule has 0 amide bonds. The maximum atomic E-state index is 5.30. The zero-order valence-corrected chi connectivity index (χ0v) is 10.4. The molecule has 1 saturated heterocycles. The molecule has 2 nitrogen and oxygen atoms in total. The van der Waals surface area contributed by atoms with Crippen molar-refractivity contribution in [2.45, 2.75) is 32.7 Å². The van der Waals surface area contributed by atoms with E-state index in [1.807, 2.05) is 0 Å². The summed E-state index contributed by atoms with van der Waals surface area (Å²) in [6.07, 6.45) is 2.55. The van der Waals surface area contributed by atoms with Gasteiger partial charge in [-0.3, -0.25) is 0 Å². The molecule has 2 unspecified atom stereocenters. The van der Waals surface area contributed by atoms with Crippen molar-refractivity contribution in [1.29, 1.82) is 0 Å². The number of nitrogens with one attached hydrogen (secondary N) is 1. The maximum absolute atomic E-state index is 5.30. The summed E-state index contributed by atoms with van der Waals surface area (Å²) in [4.78, 5) is 0. The molecule has 0 aromatic heterocycles. The van der Waals surface area contributed by atoms with Gasteiger partial charge in [0.2, 0.25) is 0 Å². The van der Waals surface area contributed by atoms with Crippen LogP contribution in [0.4, 0.5) is 0 Å². The Bertz CT molecular complexity index is 362. The Kier molecular flexibility index (Phi) is 3.49. The van der Waals surface area contributed by atoms with E-state index >= 15 is 0 Å². The molecule has 1 aromatic rings. The van der Waals surface area contributed by atoms with Crippen LogP contribution < -0.4 is 10.1 Å². The van der Waals surface area contributed by atoms with Gasteiger partial charge < -0.3 is 10.1 Å². The lowest BCUT2D eigenvalue weighted by molar-refractivity contribution is 0.410. The van der Waals surface area contributed by atoms with Crippen molar-refractivity contribution in [2.24, 2.45) is 5.92 Å². The van der Waals surface area contributed by atoms with E-state index in [0.29, 0.717) is 6.04 Å². The van der Waals surface area contributed by atoms with Gasteiger partial charge in [0, 0.05) is 6.04 Å². The first-order valence-electron chi connectivity index (χ1n) is 6.14. The second-order valence-corrected chi connectivity index (χ2v) is 4.62. The fraction of sp³-hybridized carbons (Fsp3) is 0.571. The van der Waals surface area contributed by atoms with Crippen molar-refractivity contribution in [3.05, 3.63) is 29.3 Å². The Hall–Kier alpha value is -1.02. The molecule has 2 atom stereocenters. The fourth-order valence-electron chi connectivity index (χ4n) is 2.68. The molecule has 1 heterocycles. The fourth-order valence-corrected chi connectivity index (χ4v) is 2.68. The van der Waals surface area contributed by atoms with Gasteiger partial charge in [0.05, 0.1) is 7.11 Å². The van der Waals surface area contributed by atoms with Crippen LogP contribution in [0, 0.1) is 12.8 Å². The van der Waals surface area contributed by atoms with Gasteiger partial charge >= 0.3 is 0 Å². The molecule has 2 heteroatoms. The Morgan fingerprint density at radius 1 is 1.44 bits per heavy atom. The molecule has 0 aliphatic carbocycles. The van der Waals surface area contributed by atoms with Crippen LogP contribution in [0.15, 0.2) is 18.2 Å². The van der Waals surface area contributed by atoms with Crippen LogP contribution in [0.25, 0.3) is 0 Å². The number of hydrogen-bond donors (Lipinski definition) is 1. The molecule has 16 heavy (non-hydrogen) atoms. The van der Waals surface area contributed by atoms with E-state index in [0.717, 1.165) is 18.2 Å². The summed E-state index contributed by atoms with van der Waals surface area (Å²) in [7, 11) is 1.73. The van der Waals surface area contributed by atoms with Gasteiger partial charge in [-0.05, 0) is 43.0 Å². The predicted octanol–water partition coefficient (Wildman–Crippen LogP) is 3.06. The number of benzene rings is 1. The van der Waals surface area contributed by atoms with Crippen molar-refractivity contribution in [3.8, 4) is 5.75 Å². The number of methoxy groups -OCH3 is 1. The first kappa shape index (κ1) is 11.5. The van der Waals surface area contributed by atoms with E-state index in [2.05, 4.69) is 37.4 Å². The number of hydrogen-bond acceptors (Lipinski definition) is 2. The van der Waals surface area contributed by atoms with Crippen LogP contribution in [-0.2, 0) is 0 Å². The van der Waals surface area contributed by atoms with E-state index in [1.165, 1.54) is 24.0 Å². The molecule has 1 fully saturated rings. The summed E-state index contributed by atoms with van der Waals surface area (Å²) in [6, 6.07) is 7.06. The van der Waals surface area contributed by atoms with Gasteiger partial charge in [-0.15, -0.1) is 0 Å². The predicted molar refractivity (Wildman–Crippen MR) is 66.9 cm³/mol. The Balaban J connectivity index is 2.23. The molecule has 2 rings (SSSR count). The first-order valence-corrected chi connectivity index (χ1v) is 6.14. The van der Waals surface area contributed by atoms with Gasteiger partial charge in [0.25, 0.3) is 0 Å².